The number of hydrogen-bond acceptors (Lipinski definition) is 9. The van der Waals surface area contributed by atoms with Crippen molar-refractivity contribution in [2.45, 2.75) is 78.0 Å². The van der Waals surface area contributed by atoms with E-state index in [1.807, 2.05) is 48.5 Å². The molecule has 340 valence electrons. The Hall–Kier alpha value is -6.61. The van der Waals surface area contributed by atoms with Crippen LogP contribution in [-0.2, 0) is 30.5 Å². The molecule has 64 heavy (non-hydrogen) atoms. The average molecular weight is 897 g/mol. The van der Waals surface area contributed by atoms with E-state index in [-0.39, 0.29) is 49.5 Å². The molecule has 5 rings (SSSR count). The van der Waals surface area contributed by atoms with Crippen LogP contribution in [0, 0.1) is 11.8 Å². The van der Waals surface area contributed by atoms with Crippen LogP contribution in [0.5, 0.6) is 5.75 Å². The smallest absolute Gasteiger partial charge is 0.411 e. The molecule has 0 aliphatic carbocycles. The van der Waals surface area contributed by atoms with Gasteiger partial charge in [0, 0.05) is 54.4 Å². The molecule has 0 radical (unpaired) electrons. The van der Waals surface area contributed by atoms with E-state index >= 15 is 0 Å². The van der Waals surface area contributed by atoms with E-state index in [1.54, 1.807) is 83.0 Å². The molecule has 6 N–H and O–H groups in total. The summed E-state index contributed by atoms with van der Waals surface area (Å²) in [4.78, 5) is 79.5. The number of primary amides is 1. The monoisotopic (exact) mass is 896 g/mol. The molecule has 1 unspecified atom stereocenters. The van der Waals surface area contributed by atoms with E-state index in [4.69, 9.17) is 31.5 Å². The largest absolute Gasteiger partial charge is 0.497 e. The number of alkyl halides is 1. The van der Waals surface area contributed by atoms with E-state index < -0.39 is 41.7 Å². The molecule has 3 atom stereocenters. The highest BCUT2D eigenvalue weighted by Crippen LogP contribution is 2.45. The summed E-state index contributed by atoms with van der Waals surface area (Å²) in [7, 11) is 1.59. The summed E-state index contributed by atoms with van der Waals surface area (Å²) in [5.74, 6) is -1.21. The first kappa shape index (κ1) is 48.4. The fourth-order valence-corrected chi connectivity index (χ4v) is 7.64. The van der Waals surface area contributed by atoms with Crippen molar-refractivity contribution in [1.29, 1.82) is 0 Å². The van der Waals surface area contributed by atoms with Gasteiger partial charge >= 0.3 is 18.2 Å². The molecule has 6 amide bonds. The lowest BCUT2D eigenvalue weighted by Gasteiger charge is -2.26. The molecule has 4 aromatic rings. The second-order valence-electron chi connectivity index (χ2n) is 16.9. The zero-order chi connectivity index (χ0) is 46.6. The number of anilines is 3. The zero-order valence-corrected chi connectivity index (χ0v) is 37.8. The fraction of sp³-hybridized carbons (Fsp3) is 0.375. The van der Waals surface area contributed by atoms with Crippen LogP contribution < -0.4 is 36.6 Å². The van der Waals surface area contributed by atoms with Gasteiger partial charge in [-0.05, 0) is 98.0 Å². The van der Waals surface area contributed by atoms with Gasteiger partial charge in [0.2, 0.25) is 5.91 Å². The Balaban J connectivity index is 1.24. The van der Waals surface area contributed by atoms with E-state index in [0.717, 1.165) is 21.9 Å². The normalized spacial score (nSPS) is 14.4. The molecule has 0 saturated heterocycles. The van der Waals surface area contributed by atoms with Gasteiger partial charge in [0.15, 0.2) is 5.78 Å². The molecule has 0 saturated carbocycles. The summed E-state index contributed by atoms with van der Waals surface area (Å²) in [6.45, 7) is 9.21. The molecule has 1 heterocycles. The number of methoxy groups -OCH3 is 1. The van der Waals surface area contributed by atoms with Crippen LogP contribution in [0.3, 0.4) is 0 Å². The fourth-order valence-electron chi connectivity index (χ4n) is 7.39. The number of nitrogens with zero attached hydrogens (tertiary/aromatic N) is 1. The number of benzene rings is 4. The Kier molecular flexibility index (Phi) is 16.8. The van der Waals surface area contributed by atoms with Gasteiger partial charge < -0.3 is 40.8 Å². The van der Waals surface area contributed by atoms with E-state index in [9.17, 15) is 28.8 Å². The summed E-state index contributed by atoms with van der Waals surface area (Å²) in [5.41, 5.74) is 8.37. The average Bonchev–Trinajstić information content (AvgIpc) is 3.63. The molecule has 4 aromatic carbocycles. The van der Waals surface area contributed by atoms with Crippen molar-refractivity contribution in [2.75, 3.05) is 41.6 Å². The summed E-state index contributed by atoms with van der Waals surface area (Å²) >= 11 is 6.46. The third-order valence-corrected chi connectivity index (χ3v) is 10.9. The van der Waals surface area contributed by atoms with Gasteiger partial charge in [-0.15, -0.1) is 11.6 Å². The first-order valence-electron chi connectivity index (χ1n) is 21.1. The van der Waals surface area contributed by atoms with Crippen LogP contribution in [0.25, 0.3) is 16.8 Å². The van der Waals surface area contributed by atoms with E-state index in [2.05, 4.69) is 21.3 Å². The van der Waals surface area contributed by atoms with Crippen molar-refractivity contribution in [3.63, 3.8) is 0 Å². The van der Waals surface area contributed by atoms with Crippen LogP contribution in [-0.4, -0.2) is 73.5 Å². The number of ether oxygens (including phenoxy) is 3. The third-order valence-electron chi connectivity index (χ3n) is 10.5. The van der Waals surface area contributed by atoms with Crippen molar-refractivity contribution < 1.29 is 43.0 Å². The van der Waals surface area contributed by atoms with Gasteiger partial charge in [-0.1, -0.05) is 62.4 Å². The van der Waals surface area contributed by atoms with Crippen LogP contribution >= 0.6 is 11.6 Å². The topological polar surface area (TPSA) is 207 Å². The zero-order valence-electron chi connectivity index (χ0n) is 37.0. The number of nitrogens with two attached hydrogens (primary N) is 1. The van der Waals surface area contributed by atoms with Gasteiger partial charge in [0.25, 0.3) is 5.91 Å². The predicted octanol–water partition coefficient (Wildman–Crippen LogP) is 8.49. The molecule has 0 bridgehead atoms. The second kappa shape index (κ2) is 22.1. The first-order chi connectivity index (χ1) is 30.5. The molecule has 15 nitrogen and oxygen atoms in total. The minimum absolute atomic E-state index is 0.0940. The SMILES string of the molecule is COc1ccc(/C=C/C(=O)N2CC(CCl)c3c2cc(NC(=O)OCc2ccc(NC(=O)[C@H](CCCNC(N)=O)CC(=O)[C@@H](NC(=O)OC(C)(C)C)C(C)C)cc2)c2ccccc32)cc1. The summed E-state index contributed by atoms with van der Waals surface area (Å²) in [5, 5.41) is 12.5. The van der Waals surface area contributed by atoms with E-state index in [0.29, 0.717) is 47.2 Å². The van der Waals surface area contributed by atoms with Gasteiger partial charge in [0.1, 0.15) is 18.0 Å². The van der Waals surface area contributed by atoms with E-state index in [1.165, 1.54) is 6.08 Å². The maximum atomic E-state index is 13.6. The number of halogens is 1. The Labute approximate surface area is 378 Å². The number of urea groups is 1. The number of rotatable bonds is 18. The highest BCUT2D eigenvalue weighted by molar-refractivity contribution is 6.19. The number of carbonyl (C=O) groups is 6. The molecule has 0 fully saturated rings. The number of Topliss-reactive ketones (excluding diaryl/α,β-unsaturated/α-hetero) is 1. The number of hydrogen-bond donors (Lipinski definition) is 5. The molecule has 0 aromatic heterocycles. The standard InChI is InChI=1S/C48H57ClN6O9/c1-29(2)43(54-47(61)64-48(3,4)5)40(56)24-32(10-9-23-51-45(50)59)44(58)52-34-18-13-31(14-19-34)28-63-46(60)53-38-25-39-42(37-12-8-7-11-36(37)38)33(26-49)27-55(39)41(57)22-17-30-15-20-35(62-6)21-16-30/h7-8,11-22,25,29,32-33,43H,9-10,23-24,26-28H2,1-6H3,(H,52,58)(H,53,60)(H,54,61)(H3,50,51,59)/b22-17+/t32-,33?,43+/m1/s1. The Bertz CT molecular complexity index is 2340. The molecular weight excluding hydrogens is 840 g/mol. The minimum Gasteiger partial charge on any atom is -0.497 e. The Morgan fingerprint density at radius 3 is 2.23 bits per heavy atom. The van der Waals surface area contributed by atoms with Crippen molar-refractivity contribution >= 4 is 81.3 Å². The molecule has 1 aliphatic rings. The molecule has 16 heteroatoms. The molecule has 1 aliphatic heterocycles. The summed E-state index contributed by atoms with van der Waals surface area (Å²) < 4.78 is 16.2. The number of nitrogens with one attached hydrogen (secondary N) is 4. The molecular formula is C48H57ClN6O9. The van der Waals surface area contributed by atoms with Crippen LogP contribution in [0.2, 0.25) is 0 Å². The Morgan fingerprint density at radius 2 is 1.61 bits per heavy atom. The van der Waals surface area contributed by atoms with Crippen LogP contribution in [0.15, 0.2) is 84.9 Å². The van der Waals surface area contributed by atoms with Crippen molar-refractivity contribution in [3.05, 3.63) is 102 Å². The maximum absolute atomic E-state index is 13.6. The van der Waals surface area contributed by atoms with Crippen molar-refractivity contribution in [2.24, 2.45) is 17.6 Å². The highest BCUT2D eigenvalue weighted by Gasteiger charge is 2.34. The summed E-state index contributed by atoms with van der Waals surface area (Å²) in [6.07, 6.45) is 2.24. The lowest BCUT2D eigenvalue weighted by atomic mass is 9.89. The van der Waals surface area contributed by atoms with Crippen molar-refractivity contribution in [3.8, 4) is 5.75 Å². The maximum Gasteiger partial charge on any atom is 0.411 e. The van der Waals surface area contributed by atoms with Gasteiger partial charge in [-0.2, -0.15) is 0 Å². The highest BCUT2D eigenvalue weighted by atomic mass is 35.5. The number of fused-ring (bicyclic) bond motifs is 3. The predicted molar refractivity (Wildman–Crippen MR) is 249 cm³/mol. The lowest BCUT2D eigenvalue weighted by molar-refractivity contribution is -0.128. The Morgan fingerprint density at radius 1 is 0.922 bits per heavy atom. The quantitative estimate of drug-likeness (QED) is 0.0368. The lowest BCUT2D eigenvalue weighted by Crippen LogP contribution is -2.47. The summed E-state index contributed by atoms with van der Waals surface area (Å²) in [6, 6.07) is 21.8. The van der Waals surface area contributed by atoms with Crippen LogP contribution in [0.1, 0.15) is 76.5 Å². The van der Waals surface area contributed by atoms with Gasteiger partial charge in [-0.3, -0.25) is 19.7 Å². The van der Waals surface area contributed by atoms with Gasteiger partial charge in [0.05, 0.1) is 24.5 Å². The number of ketones is 1. The third kappa shape index (κ3) is 13.4. The number of alkyl carbamates (subject to hydrolysis) is 1. The second-order valence-corrected chi connectivity index (χ2v) is 17.2. The van der Waals surface area contributed by atoms with Crippen LogP contribution in [0.4, 0.5) is 31.4 Å². The number of carbonyl (C=O) groups excluding carboxylic acids is 6. The van der Waals surface area contributed by atoms with Crippen molar-refractivity contribution in [1.82, 2.24) is 10.6 Å². The van der Waals surface area contributed by atoms with Gasteiger partial charge in [-0.25, -0.2) is 14.4 Å². The molecule has 0 spiro atoms. The minimum atomic E-state index is -0.896. The first-order valence-corrected chi connectivity index (χ1v) is 21.6. The number of amides is 6.